The summed E-state index contributed by atoms with van der Waals surface area (Å²) in [6, 6.07) is 15.7. The van der Waals surface area contributed by atoms with Gasteiger partial charge in [-0.05, 0) is 37.3 Å². The predicted molar refractivity (Wildman–Crippen MR) is 79.0 cm³/mol. The molecule has 2 rings (SSSR count). The number of benzene rings is 2. The Bertz CT molecular complexity index is 513. The quantitative estimate of drug-likeness (QED) is 0.916. The minimum atomic E-state index is 0.340. The molecule has 0 aromatic heterocycles. The van der Waals surface area contributed by atoms with Crippen molar-refractivity contribution in [1.82, 2.24) is 0 Å². The molecule has 0 saturated carbocycles. The highest BCUT2D eigenvalue weighted by Gasteiger charge is 2.08. The average Bonchev–Trinajstić information content (AvgIpc) is 2.41. The molecule has 2 aromatic carbocycles. The second-order valence-corrected chi connectivity index (χ2v) is 5.04. The van der Waals surface area contributed by atoms with Crippen LogP contribution in [0, 0.1) is 0 Å². The molecule has 18 heavy (non-hydrogen) atoms. The highest BCUT2D eigenvalue weighted by Crippen LogP contribution is 2.25. The number of nitrogens with zero attached hydrogens (tertiary/aromatic N) is 1. The van der Waals surface area contributed by atoms with E-state index >= 15 is 0 Å². The number of anilines is 1. The molecular formula is C15H16BrNO. The van der Waals surface area contributed by atoms with Gasteiger partial charge in [-0.3, -0.25) is 0 Å². The van der Waals surface area contributed by atoms with Crippen molar-refractivity contribution in [1.29, 1.82) is 0 Å². The first kappa shape index (κ1) is 13.0. The Morgan fingerprint density at radius 2 is 1.83 bits per heavy atom. The summed E-state index contributed by atoms with van der Waals surface area (Å²) >= 11 is 3.43. The van der Waals surface area contributed by atoms with E-state index in [-0.39, 0.29) is 0 Å². The Balaban J connectivity index is 2.23. The molecule has 0 amide bonds. The van der Waals surface area contributed by atoms with Crippen LogP contribution >= 0.6 is 15.9 Å². The smallest absolute Gasteiger partial charge is 0.120 e. The predicted octanol–water partition coefficient (Wildman–Crippen LogP) is 4.18. The van der Waals surface area contributed by atoms with Crippen LogP contribution in [-0.2, 0) is 6.54 Å². The molecule has 2 nitrogen and oxygen atoms in total. The van der Waals surface area contributed by atoms with Gasteiger partial charge in [0.25, 0.3) is 0 Å². The Hall–Kier alpha value is -1.48. The van der Waals surface area contributed by atoms with E-state index in [0.29, 0.717) is 12.3 Å². The van der Waals surface area contributed by atoms with Crippen molar-refractivity contribution < 1.29 is 5.11 Å². The minimum absolute atomic E-state index is 0.340. The van der Waals surface area contributed by atoms with Crippen LogP contribution in [0.5, 0.6) is 5.75 Å². The second-order valence-electron chi connectivity index (χ2n) is 4.12. The van der Waals surface area contributed by atoms with Crippen LogP contribution in [0.25, 0.3) is 0 Å². The molecular weight excluding hydrogens is 290 g/mol. The highest BCUT2D eigenvalue weighted by atomic mass is 79.9. The fourth-order valence-corrected chi connectivity index (χ4v) is 2.32. The monoisotopic (exact) mass is 305 g/mol. The lowest BCUT2D eigenvalue weighted by molar-refractivity contribution is 0.467. The fraction of sp³-hybridized carbons (Fsp3) is 0.200. The van der Waals surface area contributed by atoms with Crippen LogP contribution in [-0.4, -0.2) is 11.7 Å². The van der Waals surface area contributed by atoms with Gasteiger partial charge in [0.15, 0.2) is 0 Å². The fourth-order valence-electron chi connectivity index (χ4n) is 1.91. The average molecular weight is 306 g/mol. The molecule has 0 saturated heterocycles. The van der Waals surface area contributed by atoms with Crippen molar-refractivity contribution in [3.05, 3.63) is 58.6 Å². The first-order valence-corrected chi connectivity index (χ1v) is 6.77. The number of phenolic OH excluding ortho intramolecular Hbond substituents is 1. The van der Waals surface area contributed by atoms with E-state index in [1.165, 1.54) is 5.69 Å². The number of para-hydroxylation sites is 1. The zero-order valence-electron chi connectivity index (χ0n) is 10.3. The standard InChI is InChI=1S/C15H16BrNO/c1-2-17(14-6-4-3-5-7-14)11-12-10-13(16)8-9-15(12)18/h3-10,18H,2,11H2,1H3. The van der Waals surface area contributed by atoms with Gasteiger partial charge in [-0.1, -0.05) is 34.1 Å². The molecule has 0 radical (unpaired) electrons. The Morgan fingerprint density at radius 3 is 2.50 bits per heavy atom. The lowest BCUT2D eigenvalue weighted by Crippen LogP contribution is -2.21. The molecule has 2 aromatic rings. The zero-order chi connectivity index (χ0) is 13.0. The van der Waals surface area contributed by atoms with Crippen LogP contribution in [0.15, 0.2) is 53.0 Å². The third-order valence-electron chi connectivity index (χ3n) is 2.91. The normalized spacial score (nSPS) is 10.3. The molecule has 3 heteroatoms. The third-order valence-corrected chi connectivity index (χ3v) is 3.40. The van der Waals surface area contributed by atoms with Crippen molar-refractivity contribution in [2.24, 2.45) is 0 Å². The van der Waals surface area contributed by atoms with Crippen LogP contribution in [0.2, 0.25) is 0 Å². The van der Waals surface area contributed by atoms with Crippen molar-refractivity contribution >= 4 is 21.6 Å². The van der Waals surface area contributed by atoms with E-state index in [1.807, 2.05) is 30.3 Å². The molecule has 0 aliphatic heterocycles. The molecule has 0 aliphatic rings. The van der Waals surface area contributed by atoms with Crippen molar-refractivity contribution in [2.45, 2.75) is 13.5 Å². The van der Waals surface area contributed by atoms with Gasteiger partial charge in [0.2, 0.25) is 0 Å². The van der Waals surface area contributed by atoms with Gasteiger partial charge in [-0.2, -0.15) is 0 Å². The van der Waals surface area contributed by atoms with E-state index in [9.17, 15) is 5.11 Å². The number of rotatable bonds is 4. The van der Waals surface area contributed by atoms with Gasteiger partial charge in [-0.15, -0.1) is 0 Å². The maximum Gasteiger partial charge on any atom is 0.120 e. The summed E-state index contributed by atoms with van der Waals surface area (Å²) in [5.41, 5.74) is 2.09. The molecule has 94 valence electrons. The molecule has 0 unspecified atom stereocenters. The first-order valence-electron chi connectivity index (χ1n) is 5.98. The van der Waals surface area contributed by atoms with E-state index in [0.717, 1.165) is 16.6 Å². The first-order chi connectivity index (χ1) is 8.70. The van der Waals surface area contributed by atoms with E-state index < -0.39 is 0 Å². The summed E-state index contributed by atoms with van der Waals surface area (Å²) in [5.74, 6) is 0.340. The molecule has 0 bridgehead atoms. The van der Waals surface area contributed by atoms with Crippen molar-refractivity contribution in [3.63, 3.8) is 0 Å². The maximum absolute atomic E-state index is 9.88. The van der Waals surface area contributed by atoms with Gasteiger partial charge in [0.1, 0.15) is 5.75 Å². The minimum Gasteiger partial charge on any atom is -0.508 e. The third kappa shape index (κ3) is 3.05. The number of phenols is 1. The SMILES string of the molecule is CCN(Cc1cc(Br)ccc1O)c1ccccc1. The summed E-state index contributed by atoms with van der Waals surface area (Å²) in [6.45, 7) is 3.71. The lowest BCUT2D eigenvalue weighted by atomic mass is 10.1. The largest absolute Gasteiger partial charge is 0.508 e. The molecule has 0 atom stereocenters. The molecule has 0 heterocycles. The zero-order valence-corrected chi connectivity index (χ0v) is 11.9. The summed E-state index contributed by atoms with van der Waals surface area (Å²) < 4.78 is 0.986. The summed E-state index contributed by atoms with van der Waals surface area (Å²) in [5, 5.41) is 9.88. The maximum atomic E-state index is 9.88. The number of halogens is 1. The molecule has 0 spiro atoms. The topological polar surface area (TPSA) is 23.5 Å². The van der Waals surface area contributed by atoms with Crippen LogP contribution in [0.4, 0.5) is 5.69 Å². The van der Waals surface area contributed by atoms with Gasteiger partial charge >= 0.3 is 0 Å². The van der Waals surface area contributed by atoms with Gasteiger partial charge in [-0.25, -0.2) is 0 Å². The van der Waals surface area contributed by atoms with Crippen LogP contribution in [0.1, 0.15) is 12.5 Å². The highest BCUT2D eigenvalue weighted by molar-refractivity contribution is 9.10. The van der Waals surface area contributed by atoms with Gasteiger partial charge in [0.05, 0.1) is 0 Å². The summed E-state index contributed by atoms with van der Waals surface area (Å²) in [7, 11) is 0. The summed E-state index contributed by atoms with van der Waals surface area (Å²) in [6.07, 6.45) is 0. The molecule has 0 aliphatic carbocycles. The Kier molecular flexibility index (Phi) is 4.26. The van der Waals surface area contributed by atoms with Crippen molar-refractivity contribution in [3.8, 4) is 5.75 Å². The Morgan fingerprint density at radius 1 is 1.11 bits per heavy atom. The van der Waals surface area contributed by atoms with E-state index in [2.05, 4.69) is 39.9 Å². The second kappa shape index (κ2) is 5.91. The van der Waals surface area contributed by atoms with Crippen molar-refractivity contribution in [2.75, 3.05) is 11.4 Å². The number of hydrogen-bond acceptors (Lipinski definition) is 2. The molecule has 1 N–H and O–H groups in total. The van der Waals surface area contributed by atoms with Gasteiger partial charge in [0, 0.05) is 28.8 Å². The van der Waals surface area contributed by atoms with Crippen LogP contribution in [0.3, 0.4) is 0 Å². The Labute approximate surface area is 116 Å². The van der Waals surface area contributed by atoms with Crippen LogP contribution < -0.4 is 4.90 Å². The number of hydrogen-bond donors (Lipinski definition) is 1. The van der Waals surface area contributed by atoms with E-state index in [4.69, 9.17) is 0 Å². The lowest BCUT2D eigenvalue weighted by Gasteiger charge is -2.23. The van der Waals surface area contributed by atoms with E-state index in [1.54, 1.807) is 6.07 Å². The summed E-state index contributed by atoms with van der Waals surface area (Å²) in [4.78, 5) is 2.22. The molecule has 0 fully saturated rings. The number of aromatic hydroxyl groups is 1. The van der Waals surface area contributed by atoms with Gasteiger partial charge < -0.3 is 10.0 Å².